The highest BCUT2D eigenvalue weighted by Crippen LogP contribution is 2.30. The van der Waals surface area contributed by atoms with Crippen LogP contribution in [0.15, 0.2) is 30.3 Å². The van der Waals surface area contributed by atoms with Gasteiger partial charge in [0.05, 0.1) is 10.5 Å². The molecule has 0 atom stereocenters. The highest BCUT2D eigenvalue weighted by Gasteiger charge is 2.22. The van der Waals surface area contributed by atoms with Gasteiger partial charge in [-0.1, -0.05) is 18.2 Å². The standard InChI is InChI=1S/C12H11NO3/c14-12-8-4-2-6-10(12)9-5-1-3-7-11(9)13(15)16/h1,3,5-7H,2,4,8H2. The van der Waals surface area contributed by atoms with Gasteiger partial charge in [-0.3, -0.25) is 14.9 Å². The molecule has 0 N–H and O–H groups in total. The first-order valence-corrected chi connectivity index (χ1v) is 5.17. The second-order valence-electron chi connectivity index (χ2n) is 3.71. The van der Waals surface area contributed by atoms with Gasteiger partial charge in [-0.25, -0.2) is 0 Å². The number of carbonyl (C=O) groups excluding carboxylic acids is 1. The maximum absolute atomic E-state index is 11.7. The van der Waals surface area contributed by atoms with Crippen molar-refractivity contribution in [2.75, 3.05) is 0 Å². The second kappa shape index (κ2) is 4.26. The average Bonchev–Trinajstić information content (AvgIpc) is 2.29. The van der Waals surface area contributed by atoms with Crippen molar-refractivity contribution in [1.82, 2.24) is 0 Å². The third kappa shape index (κ3) is 1.86. The Balaban J connectivity index is 2.51. The second-order valence-corrected chi connectivity index (χ2v) is 3.71. The Bertz CT molecular complexity index is 477. The molecule has 0 fully saturated rings. The van der Waals surface area contributed by atoms with E-state index in [0.717, 1.165) is 12.8 Å². The van der Waals surface area contributed by atoms with Crippen molar-refractivity contribution in [3.05, 3.63) is 46.0 Å². The minimum Gasteiger partial charge on any atom is -0.294 e. The van der Waals surface area contributed by atoms with Gasteiger partial charge in [0, 0.05) is 18.1 Å². The predicted octanol–water partition coefficient (Wildman–Crippen LogP) is 2.73. The van der Waals surface area contributed by atoms with Crippen LogP contribution in [-0.2, 0) is 4.79 Å². The minimum atomic E-state index is -0.446. The van der Waals surface area contributed by atoms with Crippen LogP contribution < -0.4 is 0 Å². The molecule has 0 unspecified atom stereocenters. The van der Waals surface area contributed by atoms with Crippen LogP contribution in [0.25, 0.3) is 5.57 Å². The molecule has 4 nitrogen and oxygen atoms in total. The van der Waals surface area contributed by atoms with Crippen LogP contribution >= 0.6 is 0 Å². The zero-order chi connectivity index (χ0) is 11.5. The van der Waals surface area contributed by atoms with E-state index in [4.69, 9.17) is 0 Å². The van der Waals surface area contributed by atoms with Crippen molar-refractivity contribution in [2.45, 2.75) is 19.3 Å². The van der Waals surface area contributed by atoms with Gasteiger partial charge in [-0.2, -0.15) is 0 Å². The van der Waals surface area contributed by atoms with Crippen molar-refractivity contribution in [2.24, 2.45) is 0 Å². The molecule has 0 aromatic heterocycles. The zero-order valence-corrected chi connectivity index (χ0v) is 8.68. The van der Waals surface area contributed by atoms with Crippen molar-refractivity contribution < 1.29 is 9.72 Å². The topological polar surface area (TPSA) is 60.2 Å². The van der Waals surface area contributed by atoms with E-state index in [9.17, 15) is 14.9 Å². The summed E-state index contributed by atoms with van der Waals surface area (Å²) in [6.07, 6.45) is 3.93. The SMILES string of the molecule is O=C1CCCC=C1c1ccccc1[N+](=O)[O-]. The van der Waals surface area contributed by atoms with Crippen LogP contribution in [0.4, 0.5) is 5.69 Å². The van der Waals surface area contributed by atoms with Gasteiger partial charge in [0.1, 0.15) is 0 Å². The lowest BCUT2D eigenvalue weighted by Gasteiger charge is -2.11. The van der Waals surface area contributed by atoms with E-state index >= 15 is 0 Å². The normalized spacial score (nSPS) is 15.8. The summed E-state index contributed by atoms with van der Waals surface area (Å²) in [4.78, 5) is 22.1. The number of para-hydroxylation sites is 1. The predicted molar refractivity (Wildman–Crippen MR) is 59.9 cm³/mol. The van der Waals surface area contributed by atoms with Gasteiger partial charge in [0.15, 0.2) is 5.78 Å². The number of Topliss-reactive ketones (excluding diaryl/α,β-unsaturated/α-hetero) is 1. The minimum absolute atomic E-state index is 0.000509. The van der Waals surface area contributed by atoms with Crippen LogP contribution in [0.3, 0.4) is 0 Å². The van der Waals surface area contributed by atoms with Gasteiger partial charge in [0.2, 0.25) is 0 Å². The molecule has 0 bridgehead atoms. The molecule has 0 amide bonds. The zero-order valence-electron chi connectivity index (χ0n) is 8.68. The van der Waals surface area contributed by atoms with Gasteiger partial charge in [-0.15, -0.1) is 0 Å². The number of ketones is 1. The van der Waals surface area contributed by atoms with Crippen molar-refractivity contribution >= 4 is 17.0 Å². The Kier molecular flexibility index (Phi) is 2.81. The van der Waals surface area contributed by atoms with E-state index in [1.165, 1.54) is 6.07 Å². The molecule has 1 aromatic carbocycles. The monoisotopic (exact) mass is 217 g/mol. The molecular formula is C12H11NO3. The number of nitrogens with zero attached hydrogens (tertiary/aromatic N) is 1. The van der Waals surface area contributed by atoms with Gasteiger partial charge in [0.25, 0.3) is 5.69 Å². The highest BCUT2D eigenvalue weighted by molar-refractivity contribution is 6.22. The number of hydrogen-bond acceptors (Lipinski definition) is 3. The summed E-state index contributed by atoms with van der Waals surface area (Å²) in [6.45, 7) is 0. The average molecular weight is 217 g/mol. The Morgan fingerprint density at radius 3 is 2.69 bits per heavy atom. The number of benzene rings is 1. The molecule has 4 heteroatoms. The maximum atomic E-state index is 11.7. The number of allylic oxidation sites excluding steroid dienone is 2. The Morgan fingerprint density at radius 1 is 1.25 bits per heavy atom. The fourth-order valence-corrected chi connectivity index (χ4v) is 1.88. The third-order valence-corrected chi connectivity index (χ3v) is 2.65. The molecule has 0 heterocycles. The molecule has 1 aliphatic rings. The van der Waals surface area contributed by atoms with Crippen molar-refractivity contribution in [3.8, 4) is 0 Å². The summed E-state index contributed by atoms with van der Waals surface area (Å²) < 4.78 is 0. The van der Waals surface area contributed by atoms with Gasteiger partial charge in [-0.05, 0) is 18.9 Å². The highest BCUT2D eigenvalue weighted by atomic mass is 16.6. The summed E-state index contributed by atoms with van der Waals surface area (Å²) in [5, 5.41) is 10.8. The third-order valence-electron chi connectivity index (χ3n) is 2.65. The first kappa shape index (κ1) is 10.5. The summed E-state index contributed by atoms with van der Waals surface area (Å²) in [5.74, 6) is 0.000509. The Morgan fingerprint density at radius 2 is 2.00 bits per heavy atom. The molecule has 0 spiro atoms. The van der Waals surface area contributed by atoms with E-state index in [2.05, 4.69) is 0 Å². The Labute approximate surface area is 92.7 Å². The van der Waals surface area contributed by atoms with E-state index in [1.807, 2.05) is 0 Å². The molecule has 1 aromatic rings. The molecule has 2 rings (SSSR count). The number of rotatable bonds is 2. The maximum Gasteiger partial charge on any atom is 0.277 e. The van der Waals surface area contributed by atoms with Crippen molar-refractivity contribution in [3.63, 3.8) is 0 Å². The fourth-order valence-electron chi connectivity index (χ4n) is 1.88. The van der Waals surface area contributed by atoms with E-state index in [1.54, 1.807) is 24.3 Å². The lowest BCUT2D eigenvalue weighted by atomic mass is 9.91. The Hall–Kier alpha value is -1.97. The molecule has 0 radical (unpaired) electrons. The summed E-state index contributed by atoms with van der Waals surface area (Å²) >= 11 is 0. The van der Waals surface area contributed by atoms with Crippen LogP contribution in [0.1, 0.15) is 24.8 Å². The van der Waals surface area contributed by atoms with Crippen molar-refractivity contribution in [1.29, 1.82) is 0 Å². The van der Waals surface area contributed by atoms with Crippen LogP contribution in [0.2, 0.25) is 0 Å². The number of nitro benzene ring substituents is 1. The first-order valence-electron chi connectivity index (χ1n) is 5.17. The molecule has 16 heavy (non-hydrogen) atoms. The lowest BCUT2D eigenvalue weighted by Crippen LogP contribution is -2.07. The molecule has 82 valence electrons. The van der Waals surface area contributed by atoms with Crippen LogP contribution in [0.5, 0.6) is 0 Å². The number of hydrogen-bond donors (Lipinski definition) is 0. The first-order chi connectivity index (χ1) is 7.70. The number of carbonyl (C=O) groups is 1. The smallest absolute Gasteiger partial charge is 0.277 e. The molecule has 1 aliphatic carbocycles. The van der Waals surface area contributed by atoms with E-state index < -0.39 is 4.92 Å². The van der Waals surface area contributed by atoms with Gasteiger partial charge < -0.3 is 0 Å². The quantitative estimate of drug-likeness (QED) is 0.565. The largest absolute Gasteiger partial charge is 0.294 e. The molecular weight excluding hydrogens is 206 g/mol. The molecule has 0 saturated heterocycles. The summed E-state index contributed by atoms with van der Waals surface area (Å²) in [6, 6.07) is 6.38. The van der Waals surface area contributed by atoms with E-state index in [0.29, 0.717) is 17.6 Å². The summed E-state index contributed by atoms with van der Waals surface area (Å²) in [7, 11) is 0. The van der Waals surface area contributed by atoms with Crippen LogP contribution in [0, 0.1) is 10.1 Å². The molecule has 0 aliphatic heterocycles. The van der Waals surface area contributed by atoms with Gasteiger partial charge >= 0.3 is 0 Å². The summed E-state index contributed by atoms with van der Waals surface area (Å²) in [5.41, 5.74) is 0.944. The number of nitro groups is 1. The lowest BCUT2D eigenvalue weighted by molar-refractivity contribution is -0.385. The fraction of sp³-hybridized carbons (Fsp3) is 0.250. The molecule has 0 saturated carbocycles. The van der Waals surface area contributed by atoms with E-state index in [-0.39, 0.29) is 11.5 Å². The van der Waals surface area contributed by atoms with Crippen LogP contribution in [-0.4, -0.2) is 10.7 Å².